The molecule has 6 heteroatoms. The molecule has 1 atom stereocenters. The first-order chi connectivity index (χ1) is 7.95. The molecule has 1 rings (SSSR count). The van der Waals surface area contributed by atoms with Crippen molar-refractivity contribution in [2.45, 2.75) is 13.0 Å². The van der Waals surface area contributed by atoms with Crippen LogP contribution in [-0.2, 0) is 0 Å². The van der Waals surface area contributed by atoms with Crippen LogP contribution in [0.15, 0.2) is 30.9 Å². The number of nitro benzene ring substituents is 1. The van der Waals surface area contributed by atoms with E-state index in [1.807, 2.05) is 0 Å². The fourth-order valence-electron chi connectivity index (χ4n) is 1.17. The monoisotopic (exact) mass is 236 g/mol. The molecule has 1 aromatic rings. The highest BCUT2D eigenvalue weighted by Crippen LogP contribution is 2.23. The summed E-state index contributed by atoms with van der Waals surface area (Å²) in [6.45, 7) is 5.22. The van der Waals surface area contributed by atoms with Gasteiger partial charge in [-0.1, -0.05) is 6.08 Å². The van der Waals surface area contributed by atoms with Gasteiger partial charge in [0.1, 0.15) is 5.75 Å². The summed E-state index contributed by atoms with van der Waals surface area (Å²) in [6, 6.07) is 3.05. The van der Waals surface area contributed by atoms with Crippen molar-refractivity contribution in [3.8, 4) is 5.75 Å². The van der Waals surface area contributed by atoms with E-state index in [0.29, 0.717) is 0 Å². The summed E-state index contributed by atoms with van der Waals surface area (Å²) in [5, 5.41) is 22.5. The van der Waals surface area contributed by atoms with E-state index in [4.69, 9.17) is 0 Å². The van der Waals surface area contributed by atoms with Crippen molar-refractivity contribution in [2.24, 2.45) is 0 Å². The Kier molecular flexibility index (Phi) is 3.82. The minimum atomic E-state index is -0.645. The van der Waals surface area contributed by atoms with Crippen LogP contribution in [-0.4, -0.2) is 22.0 Å². The number of aromatic hydroxyl groups is 1. The van der Waals surface area contributed by atoms with Crippen molar-refractivity contribution in [2.75, 3.05) is 0 Å². The van der Waals surface area contributed by atoms with Crippen molar-refractivity contribution in [1.82, 2.24) is 5.32 Å². The lowest BCUT2D eigenvalue weighted by Gasteiger charge is -2.09. The molecular formula is C11H12N2O4. The zero-order valence-corrected chi connectivity index (χ0v) is 9.21. The van der Waals surface area contributed by atoms with E-state index in [0.717, 1.165) is 12.1 Å². The molecule has 0 heterocycles. The van der Waals surface area contributed by atoms with Gasteiger partial charge in [-0.15, -0.1) is 6.58 Å². The molecule has 0 aliphatic rings. The topological polar surface area (TPSA) is 92.5 Å². The maximum atomic E-state index is 11.6. The first-order valence-corrected chi connectivity index (χ1v) is 4.86. The standard InChI is InChI=1S/C11H12N2O4/c1-3-7(2)12-11(15)9-5-4-8(13(16)17)6-10(9)14/h3-7,14H,1H2,2H3,(H,12,15)/t7-/m0/s1. The van der Waals surface area contributed by atoms with Crippen LogP contribution in [0.2, 0.25) is 0 Å². The van der Waals surface area contributed by atoms with Gasteiger partial charge >= 0.3 is 0 Å². The minimum absolute atomic E-state index is 0.00991. The molecule has 17 heavy (non-hydrogen) atoms. The van der Waals surface area contributed by atoms with Crippen LogP contribution in [0.4, 0.5) is 5.69 Å². The second-order valence-electron chi connectivity index (χ2n) is 3.46. The Labute approximate surface area is 97.7 Å². The Morgan fingerprint density at radius 3 is 2.76 bits per heavy atom. The summed E-state index contributed by atoms with van der Waals surface area (Å²) < 4.78 is 0. The smallest absolute Gasteiger partial charge is 0.273 e. The van der Waals surface area contributed by atoms with Gasteiger partial charge in [0.15, 0.2) is 0 Å². The minimum Gasteiger partial charge on any atom is -0.507 e. The Morgan fingerprint density at radius 1 is 1.65 bits per heavy atom. The normalized spacial score (nSPS) is 11.6. The van der Waals surface area contributed by atoms with Crippen LogP contribution >= 0.6 is 0 Å². The van der Waals surface area contributed by atoms with Gasteiger partial charge in [0.25, 0.3) is 11.6 Å². The van der Waals surface area contributed by atoms with Gasteiger partial charge in [0, 0.05) is 12.1 Å². The largest absolute Gasteiger partial charge is 0.507 e. The third-order valence-corrected chi connectivity index (χ3v) is 2.15. The number of benzene rings is 1. The molecule has 0 spiro atoms. The summed E-state index contributed by atoms with van der Waals surface area (Å²) in [7, 11) is 0. The number of phenols is 1. The van der Waals surface area contributed by atoms with Gasteiger partial charge < -0.3 is 10.4 Å². The molecular weight excluding hydrogens is 224 g/mol. The molecule has 0 saturated heterocycles. The highest BCUT2D eigenvalue weighted by molar-refractivity contribution is 5.97. The van der Waals surface area contributed by atoms with E-state index >= 15 is 0 Å². The molecule has 1 amide bonds. The predicted molar refractivity (Wildman–Crippen MR) is 61.9 cm³/mol. The summed E-state index contributed by atoms with van der Waals surface area (Å²) >= 11 is 0. The fourth-order valence-corrected chi connectivity index (χ4v) is 1.17. The van der Waals surface area contributed by atoms with Crippen molar-refractivity contribution in [1.29, 1.82) is 0 Å². The number of non-ortho nitro benzene ring substituents is 1. The highest BCUT2D eigenvalue weighted by atomic mass is 16.6. The summed E-state index contributed by atoms with van der Waals surface area (Å²) in [6.07, 6.45) is 1.53. The quantitative estimate of drug-likeness (QED) is 0.471. The summed E-state index contributed by atoms with van der Waals surface area (Å²) in [5.74, 6) is -0.933. The predicted octanol–water partition coefficient (Wildman–Crippen LogP) is 1.60. The number of amides is 1. The number of rotatable bonds is 4. The molecule has 2 N–H and O–H groups in total. The Hall–Kier alpha value is -2.37. The number of carbonyl (C=O) groups is 1. The molecule has 0 unspecified atom stereocenters. The van der Waals surface area contributed by atoms with Gasteiger partial charge in [-0.05, 0) is 13.0 Å². The molecule has 90 valence electrons. The summed E-state index contributed by atoms with van der Waals surface area (Å²) in [5.41, 5.74) is -0.278. The van der Waals surface area contributed by atoms with Crippen molar-refractivity contribution >= 4 is 11.6 Å². The lowest BCUT2D eigenvalue weighted by atomic mass is 10.1. The number of nitrogens with zero attached hydrogens (tertiary/aromatic N) is 1. The molecule has 6 nitrogen and oxygen atoms in total. The molecule has 0 saturated carbocycles. The zero-order chi connectivity index (χ0) is 13.0. The molecule has 0 aromatic heterocycles. The Morgan fingerprint density at radius 2 is 2.29 bits per heavy atom. The van der Waals surface area contributed by atoms with Crippen molar-refractivity contribution in [3.05, 3.63) is 46.5 Å². The number of nitrogens with one attached hydrogen (secondary N) is 1. The van der Waals surface area contributed by atoms with Gasteiger partial charge in [-0.2, -0.15) is 0 Å². The zero-order valence-electron chi connectivity index (χ0n) is 9.21. The van der Waals surface area contributed by atoms with Gasteiger partial charge in [-0.3, -0.25) is 14.9 Å². The van der Waals surface area contributed by atoms with Crippen LogP contribution in [0.5, 0.6) is 5.75 Å². The number of hydrogen-bond acceptors (Lipinski definition) is 4. The molecule has 0 radical (unpaired) electrons. The van der Waals surface area contributed by atoms with Crippen LogP contribution < -0.4 is 5.32 Å². The highest BCUT2D eigenvalue weighted by Gasteiger charge is 2.16. The molecule has 1 aromatic carbocycles. The van der Waals surface area contributed by atoms with E-state index in [2.05, 4.69) is 11.9 Å². The second kappa shape index (κ2) is 5.11. The van der Waals surface area contributed by atoms with Crippen LogP contribution in [0, 0.1) is 10.1 Å². The van der Waals surface area contributed by atoms with E-state index in [1.54, 1.807) is 6.92 Å². The van der Waals surface area contributed by atoms with Crippen molar-refractivity contribution in [3.63, 3.8) is 0 Å². The van der Waals surface area contributed by atoms with E-state index < -0.39 is 16.6 Å². The maximum absolute atomic E-state index is 11.6. The number of phenolic OH excluding ortho intramolecular Hbond substituents is 1. The first kappa shape index (κ1) is 12.7. The van der Waals surface area contributed by atoms with E-state index in [-0.39, 0.29) is 17.3 Å². The lowest BCUT2D eigenvalue weighted by molar-refractivity contribution is -0.384. The van der Waals surface area contributed by atoms with Gasteiger partial charge in [0.2, 0.25) is 0 Å². The fraction of sp³-hybridized carbons (Fsp3) is 0.182. The third-order valence-electron chi connectivity index (χ3n) is 2.15. The molecule has 0 bridgehead atoms. The van der Waals surface area contributed by atoms with Gasteiger partial charge in [-0.25, -0.2) is 0 Å². The average Bonchev–Trinajstić information content (AvgIpc) is 2.28. The third kappa shape index (κ3) is 3.04. The summed E-state index contributed by atoms with van der Waals surface area (Å²) in [4.78, 5) is 21.4. The molecule has 0 aliphatic carbocycles. The first-order valence-electron chi connectivity index (χ1n) is 4.86. The van der Waals surface area contributed by atoms with Crippen molar-refractivity contribution < 1.29 is 14.8 Å². The number of carbonyl (C=O) groups excluding carboxylic acids is 1. The number of hydrogen-bond donors (Lipinski definition) is 2. The van der Waals surface area contributed by atoms with E-state index in [9.17, 15) is 20.0 Å². The Balaban J connectivity index is 2.96. The van der Waals surface area contributed by atoms with Crippen LogP contribution in [0.25, 0.3) is 0 Å². The van der Waals surface area contributed by atoms with Crippen LogP contribution in [0.3, 0.4) is 0 Å². The van der Waals surface area contributed by atoms with Gasteiger partial charge in [0.05, 0.1) is 16.6 Å². The lowest BCUT2D eigenvalue weighted by Crippen LogP contribution is -2.30. The second-order valence-corrected chi connectivity index (χ2v) is 3.46. The number of nitro groups is 1. The van der Waals surface area contributed by atoms with E-state index in [1.165, 1.54) is 12.1 Å². The van der Waals surface area contributed by atoms with Crippen LogP contribution in [0.1, 0.15) is 17.3 Å². The SMILES string of the molecule is C=C[C@H](C)NC(=O)c1ccc([N+](=O)[O-])cc1O. The molecule has 0 aliphatic heterocycles. The Bertz CT molecular complexity index is 471. The average molecular weight is 236 g/mol. The maximum Gasteiger partial charge on any atom is 0.273 e. The molecule has 0 fully saturated rings.